The molecule has 0 saturated heterocycles. The highest BCUT2D eigenvalue weighted by Gasteiger charge is 2.45. The first-order chi connectivity index (χ1) is 11.0. The Balaban J connectivity index is 1.75. The molecule has 1 amide bonds. The van der Waals surface area contributed by atoms with Crippen molar-refractivity contribution in [3.05, 3.63) is 65.2 Å². The highest BCUT2D eigenvalue weighted by atomic mass is 16.4. The van der Waals surface area contributed by atoms with Crippen LogP contribution in [0.5, 0.6) is 0 Å². The number of rotatable bonds is 4. The van der Waals surface area contributed by atoms with Crippen molar-refractivity contribution in [2.75, 3.05) is 5.32 Å². The molecule has 118 valence electrons. The SMILES string of the molecule is Cc1cccc(C(=O)Nc2ccc(C3(C(=O)O)CCC3)cc2)c1. The summed E-state index contributed by atoms with van der Waals surface area (Å²) in [6, 6.07) is 14.5. The predicted molar refractivity (Wildman–Crippen MR) is 88.7 cm³/mol. The Bertz CT molecular complexity index is 745. The number of hydrogen-bond donors (Lipinski definition) is 2. The van der Waals surface area contributed by atoms with Gasteiger partial charge in [-0.25, -0.2) is 0 Å². The molecule has 0 unspecified atom stereocenters. The van der Waals surface area contributed by atoms with Crippen LogP contribution in [0.1, 0.15) is 40.7 Å². The third-order valence-electron chi connectivity index (χ3n) is 4.59. The van der Waals surface area contributed by atoms with Gasteiger partial charge in [-0.15, -0.1) is 0 Å². The van der Waals surface area contributed by atoms with Crippen LogP contribution < -0.4 is 5.32 Å². The van der Waals surface area contributed by atoms with E-state index in [2.05, 4.69) is 5.32 Å². The minimum absolute atomic E-state index is 0.168. The molecular weight excluding hydrogens is 290 g/mol. The Morgan fingerprint density at radius 1 is 1.09 bits per heavy atom. The summed E-state index contributed by atoms with van der Waals surface area (Å²) >= 11 is 0. The van der Waals surface area contributed by atoms with Gasteiger partial charge in [0.05, 0.1) is 5.41 Å². The van der Waals surface area contributed by atoms with Crippen molar-refractivity contribution in [1.29, 1.82) is 0 Å². The van der Waals surface area contributed by atoms with Crippen molar-refractivity contribution in [3.8, 4) is 0 Å². The van der Waals surface area contributed by atoms with E-state index in [0.29, 0.717) is 24.1 Å². The summed E-state index contributed by atoms with van der Waals surface area (Å²) in [7, 11) is 0. The molecule has 0 spiro atoms. The van der Waals surface area contributed by atoms with E-state index < -0.39 is 11.4 Å². The van der Waals surface area contributed by atoms with Gasteiger partial charge in [-0.3, -0.25) is 9.59 Å². The summed E-state index contributed by atoms with van der Waals surface area (Å²) in [5.74, 6) is -0.932. The fraction of sp³-hybridized carbons (Fsp3) is 0.263. The maximum atomic E-state index is 12.2. The zero-order valence-corrected chi connectivity index (χ0v) is 13.0. The lowest BCUT2D eigenvalue weighted by atomic mass is 9.64. The monoisotopic (exact) mass is 309 g/mol. The standard InChI is InChI=1S/C19H19NO3/c1-13-4-2-5-14(12-13)17(21)20-16-8-6-15(7-9-16)19(18(22)23)10-3-11-19/h2,4-9,12H,3,10-11H2,1H3,(H,20,21)(H,22,23). The van der Waals surface area contributed by atoms with Crippen LogP contribution in [0.4, 0.5) is 5.69 Å². The summed E-state index contributed by atoms with van der Waals surface area (Å²) in [6.45, 7) is 1.94. The van der Waals surface area contributed by atoms with Gasteiger partial charge >= 0.3 is 5.97 Å². The van der Waals surface area contributed by atoms with Crippen LogP contribution in [0.15, 0.2) is 48.5 Å². The van der Waals surface area contributed by atoms with E-state index in [1.54, 1.807) is 30.3 Å². The van der Waals surface area contributed by atoms with Gasteiger partial charge in [0.15, 0.2) is 0 Å². The lowest BCUT2D eigenvalue weighted by molar-refractivity contribution is -0.147. The van der Waals surface area contributed by atoms with Gasteiger partial charge in [0.2, 0.25) is 0 Å². The van der Waals surface area contributed by atoms with E-state index in [0.717, 1.165) is 17.5 Å². The zero-order valence-electron chi connectivity index (χ0n) is 13.0. The molecule has 1 saturated carbocycles. The molecule has 4 nitrogen and oxygen atoms in total. The Morgan fingerprint density at radius 2 is 1.78 bits per heavy atom. The summed E-state index contributed by atoms with van der Waals surface area (Å²) < 4.78 is 0. The van der Waals surface area contributed by atoms with Crippen molar-refractivity contribution < 1.29 is 14.7 Å². The Kier molecular flexibility index (Phi) is 3.90. The molecule has 0 radical (unpaired) electrons. The first-order valence-corrected chi connectivity index (χ1v) is 7.73. The summed E-state index contributed by atoms with van der Waals surface area (Å²) in [6.07, 6.45) is 2.30. The maximum absolute atomic E-state index is 12.2. The number of carboxylic acids is 1. The Labute approximate surface area is 135 Å². The van der Waals surface area contributed by atoms with Gasteiger partial charge in [0.1, 0.15) is 0 Å². The van der Waals surface area contributed by atoms with E-state index in [1.807, 2.05) is 25.1 Å². The van der Waals surface area contributed by atoms with E-state index in [-0.39, 0.29) is 5.91 Å². The largest absolute Gasteiger partial charge is 0.481 e. The number of hydrogen-bond acceptors (Lipinski definition) is 2. The fourth-order valence-corrected chi connectivity index (χ4v) is 3.02. The van der Waals surface area contributed by atoms with Crippen LogP contribution >= 0.6 is 0 Å². The number of carbonyl (C=O) groups excluding carboxylic acids is 1. The second kappa shape index (κ2) is 5.88. The second-order valence-corrected chi connectivity index (χ2v) is 6.14. The van der Waals surface area contributed by atoms with E-state index >= 15 is 0 Å². The second-order valence-electron chi connectivity index (χ2n) is 6.14. The quantitative estimate of drug-likeness (QED) is 0.904. The summed E-state index contributed by atoms with van der Waals surface area (Å²) in [5.41, 5.74) is 2.38. The molecule has 3 rings (SSSR count). The fourth-order valence-electron chi connectivity index (χ4n) is 3.02. The predicted octanol–water partition coefficient (Wildman–Crippen LogP) is 3.75. The lowest BCUT2D eigenvalue weighted by Gasteiger charge is -2.38. The third-order valence-corrected chi connectivity index (χ3v) is 4.59. The molecule has 1 fully saturated rings. The minimum atomic E-state index is -0.764. The van der Waals surface area contributed by atoms with Crippen molar-refractivity contribution in [2.45, 2.75) is 31.6 Å². The number of amides is 1. The van der Waals surface area contributed by atoms with E-state index in [1.165, 1.54) is 0 Å². The van der Waals surface area contributed by atoms with Crippen LogP contribution in [0, 0.1) is 6.92 Å². The van der Waals surface area contributed by atoms with Gasteiger partial charge in [0.25, 0.3) is 5.91 Å². The molecule has 0 aliphatic heterocycles. The van der Waals surface area contributed by atoms with Crippen molar-refractivity contribution in [1.82, 2.24) is 0 Å². The molecule has 1 aliphatic carbocycles. The van der Waals surface area contributed by atoms with E-state index in [4.69, 9.17) is 0 Å². The van der Waals surface area contributed by atoms with Gasteiger partial charge in [-0.2, -0.15) is 0 Å². The molecular formula is C19H19NO3. The molecule has 2 N–H and O–H groups in total. The van der Waals surface area contributed by atoms with Crippen LogP contribution in [-0.4, -0.2) is 17.0 Å². The molecule has 4 heteroatoms. The molecule has 0 atom stereocenters. The zero-order chi connectivity index (χ0) is 16.4. The normalized spacial score (nSPS) is 15.5. The first-order valence-electron chi connectivity index (χ1n) is 7.73. The highest BCUT2D eigenvalue weighted by Crippen LogP contribution is 2.44. The molecule has 1 aliphatic rings. The minimum Gasteiger partial charge on any atom is -0.481 e. The van der Waals surface area contributed by atoms with Crippen molar-refractivity contribution >= 4 is 17.6 Å². The smallest absolute Gasteiger partial charge is 0.314 e. The van der Waals surface area contributed by atoms with Crippen LogP contribution in [-0.2, 0) is 10.2 Å². The average Bonchev–Trinajstić information content (AvgIpc) is 2.47. The number of anilines is 1. The molecule has 0 aromatic heterocycles. The van der Waals surface area contributed by atoms with E-state index in [9.17, 15) is 14.7 Å². The molecule has 2 aromatic rings. The van der Waals surface area contributed by atoms with Gasteiger partial charge in [-0.1, -0.05) is 36.2 Å². The number of aliphatic carboxylic acids is 1. The number of nitrogens with one attached hydrogen (secondary N) is 1. The summed E-state index contributed by atoms with van der Waals surface area (Å²) in [5, 5.41) is 12.3. The Hall–Kier alpha value is -2.62. The van der Waals surface area contributed by atoms with Gasteiger partial charge < -0.3 is 10.4 Å². The lowest BCUT2D eigenvalue weighted by Crippen LogP contribution is -2.42. The van der Waals surface area contributed by atoms with Gasteiger partial charge in [-0.05, 0) is 49.6 Å². The van der Waals surface area contributed by atoms with Crippen LogP contribution in [0.3, 0.4) is 0 Å². The molecule has 0 bridgehead atoms. The van der Waals surface area contributed by atoms with Crippen LogP contribution in [0.2, 0.25) is 0 Å². The molecule has 2 aromatic carbocycles. The average molecular weight is 309 g/mol. The van der Waals surface area contributed by atoms with Gasteiger partial charge in [0, 0.05) is 11.3 Å². The molecule has 0 heterocycles. The van der Waals surface area contributed by atoms with Crippen molar-refractivity contribution in [2.24, 2.45) is 0 Å². The Morgan fingerprint density at radius 3 is 2.30 bits per heavy atom. The highest BCUT2D eigenvalue weighted by molar-refractivity contribution is 6.04. The topological polar surface area (TPSA) is 66.4 Å². The number of aryl methyl sites for hydroxylation is 1. The van der Waals surface area contributed by atoms with Crippen LogP contribution in [0.25, 0.3) is 0 Å². The number of carboxylic acid groups (broad SMARTS) is 1. The van der Waals surface area contributed by atoms with Crippen molar-refractivity contribution in [3.63, 3.8) is 0 Å². The first kappa shape index (κ1) is 15.3. The number of carbonyl (C=O) groups is 2. The summed E-state index contributed by atoms with van der Waals surface area (Å²) in [4.78, 5) is 23.7. The number of benzene rings is 2. The maximum Gasteiger partial charge on any atom is 0.314 e. The third kappa shape index (κ3) is 2.84. The molecule has 23 heavy (non-hydrogen) atoms.